The molecule has 2 saturated carbocycles. The summed E-state index contributed by atoms with van der Waals surface area (Å²) in [7, 11) is 0. The summed E-state index contributed by atoms with van der Waals surface area (Å²) in [5, 5.41) is 3.88. The van der Waals surface area contributed by atoms with Gasteiger partial charge >= 0.3 is 0 Å². The van der Waals surface area contributed by atoms with Crippen molar-refractivity contribution in [3.8, 4) is 0 Å². The van der Waals surface area contributed by atoms with Gasteiger partial charge in [0, 0.05) is 31.2 Å². The van der Waals surface area contributed by atoms with Crippen molar-refractivity contribution in [1.82, 2.24) is 10.2 Å². The van der Waals surface area contributed by atoms with E-state index >= 15 is 0 Å². The number of hydrogen-bond donors (Lipinski definition) is 1. The number of piperazine rings is 1. The van der Waals surface area contributed by atoms with E-state index in [0.29, 0.717) is 0 Å². The lowest BCUT2D eigenvalue weighted by atomic mass is 9.81. The minimum absolute atomic E-state index is 0.764. The van der Waals surface area contributed by atoms with E-state index in [9.17, 15) is 0 Å². The van der Waals surface area contributed by atoms with Gasteiger partial charge in [0.05, 0.1) is 0 Å². The Labute approximate surface area is 125 Å². The van der Waals surface area contributed by atoms with Crippen molar-refractivity contribution in [1.29, 1.82) is 0 Å². The first-order valence-corrected chi connectivity index (χ1v) is 9.37. The molecule has 0 radical (unpaired) electrons. The van der Waals surface area contributed by atoms with Gasteiger partial charge in [0.2, 0.25) is 0 Å². The van der Waals surface area contributed by atoms with Gasteiger partial charge in [-0.3, -0.25) is 4.90 Å². The molecule has 1 saturated heterocycles. The monoisotopic (exact) mass is 278 g/mol. The molecule has 2 atom stereocenters. The summed E-state index contributed by atoms with van der Waals surface area (Å²) in [4.78, 5) is 2.97. The molecule has 2 aliphatic carbocycles. The summed E-state index contributed by atoms with van der Waals surface area (Å²) in [5.41, 5.74) is 0. The van der Waals surface area contributed by atoms with E-state index in [1.807, 2.05) is 0 Å². The molecule has 2 nitrogen and oxygen atoms in total. The van der Waals surface area contributed by atoms with Gasteiger partial charge < -0.3 is 5.32 Å². The van der Waals surface area contributed by atoms with Crippen molar-refractivity contribution < 1.29 is 0 Å². The van der Waals surface area contributed by atoms with E-state index in [1.54, 1.807) is 0 Å². The maximum absolute atomic E-state index is 3.88. The third kappa shape index (κ3) is 3.39. The van der Waals surface area contributed by atoms with Crippen molar-refractivity contribution in [2.75, 3.05) is 13.1 Å². The average Bonchev–Trinajstić information content (AvgIpc) is 3.03. The topological polar surface area (TPSA) is 15.3 Å². The van der Waals surface area contributed by atoms with Crippen molar-refractivity contribution >= 4 is 0 Å². The molecular formula is C18H34N2. The second kappa shape index (κ2) is 7.26. The van der Waals surface area contributed by atoms with Crippen LogP contribution in [0, 0.1) is 5.92 Å². The molecule has 2 unspecified atom stereocenters. The van der Waals surface area contributed by atoms with Crippen LogP contribution in [-0.4, -0.2) is 36.1 Å². The van der Waals surface area contributed by atoms with E-state index in [2.05, 4.69) is 17.1 Å². The fourth-order valence-corrected chi connectivity index (χ4v) is 5.01. The van der Waals surface area contributed by atoms with Crippen LogP contribution in [0.2, 0.25) is 0 Å². The molecule has 0 bridgehead atoms. The van der Waals surface area contributed by atoms with Crippen molar-refractivity contribution in [3.05, 3.63) is 0 Å². The van der Waals surface area contributed by atoms with Crippen LogP contribution in [-0.2, 0) is 0 Å². The maximum atomic E-state index is 3.88. The first-order valence-electron chi connectivity index (χ1n) is 9.37. The lowest BCUT2D eigenvalue weighted by Crippen LogP contribution is -2.61. The van der Waals surface area contributed by atoms with Gasteiger partial charge in [0.15, 0.2) is 0 Å². The molecule has 1 aliphatic heterocycles. The molecule has 1 heterocycles. The summed E-state index contributed by atoms with van der Waals surface area (Å²) >= 11 is 0. The molecular weight excluding hydrogens is 244 g/mol. The molecule has 0 aromatic heterocycles. The molecule has 3 rings (SSSR count). The Hall–Kier alpha value is -0.0800. The van der Waals surface area contributed by atoms with Crippen molar-refractivity contribution in [2.24, 2.45) is 5.92 Å². The molecule has 2 heteroatoms. The second-order valence-electron chi connectivity index (χ2n) is 7.49. The average molecular weight is 278 g/mol. The minimum atomic E-state index is 0.764. The van der Waals surface area contributed by atoms with Crippen LogP contribution in [0.3, 0.4) is 0 Å². The standard InChI is InChI=1S/C18H34N2/c1-2-8-16-14-20(17-11-6-7-12-17)18(13-19-16)15-9-4-3-5-10-15/h15-19H,2-14H2,1H3. The third-order valence-corrected chi connectivity index (χ3v) is 6.10. The zero-order valence-corrected chi connectivity index (χ0v) is 13.4. The quantitative estimate of drug-likeness (QED) is 0.837. The fraction of sp³-hybridized carbons (Fsp3) is 1.00. The number of rotatable bonds is 4. The van der Waals surface area contributed by atoms with Crippen LogP contribution in [0.5, 0.6) is 0 Å². The first-order chi connectivity index (χ1) is 9.88. The van der Waals surface area contributed by atoms with Crippen LogP contribution in [0.1, 0.15) is 77.6 Å². The number of hydrogen-bond acceptors (Lipinski definition) is 2. The van der Waals surface area contributed by atoms with Crippen molar-refractivity contribution in [3.63, 3.8) is 0 Å². The molecule has 0 aromatic rings. The SMILES string of the molecule is CCCC1CN(C2CCCC2)C(C2CCCCC2)CN1. The Morgan fingerprint density at radius 3 is 2.35 bits per heavy atom. The highest BCUT2D eigenvalue weighted by Crippen LogP contribution is 2.34. The van der Waals surface area contributed by atoms with E-state index in [4.69, 9.17) is 0 Å². The zero-order chi connectivity index (χ0) is 13.8. The van der Waals surface area contributed by atoms with Crippen molar-refractivity contribution in [2.45, 2.75) is 95.7 Å². The normalized spacial score (nSPS) is 34.6. The van der Waals surface area contributed by atoms with Gasteiger partial charge in [-0.1, -0.05) is 45.4 Å². The summed E-state index contributed by atoms with van der Waals surface area (Å²) in [6, 6.07) is 2.54. The Bertz CT molecular complexity index is 279. The van der Waals surface area contributed by atoms with Gasteiger partial charge in [-0.2, -0.15) is 0 Å². The molecule has 0 amide bonds. The molecule has 0 spiro atoms. The summed E-state index contributed by atoms with van der Waals surface area (Å²) in [6.45, 7) is 4.93. The zero-order valence-electron chi connectivity index (χ0n) is 13.4. The highest BCUT2D eigenvalue weighted by Gasteiger charge is 2.37. The lowest BCUT2D eigenvalue weighted by molar-refractivity contribution is 0.0355. The highest BCUT2D eigenvalue weighted by molar-refractivity contribution is 4.94. The number of nitrogens with one attached hydrogen (secondary N) is 1. The maximum Gasteiger partial charge on any atom is 0.0252 e. The Kier molecular flexibility index (Phi) is 5.39. The smallest absolute Gasteiger partial charge is 0.0252 e. The Morgan fingerprint density at radius 1 is 0.950 bits per heavy atom. The molecule has 3 aliphatic rings. The Morgan fingerprint density at radius 2 is 1.65 bits per heavy atom. The largest absolute Gasteiger partial charge is 0.311 e. The van der Waals surface area contributed by atoms with Gasteiger partial charge in [0.25, 0.3) is 0 Å². The van der Waals surface area contributed by atoms with Gasteiger partial charge in [-0.25, -0.2) is 0 Å². The van der Waals surface area contributed by atoms with E-state index in [1.165, 1.54) is 83.7 Å². The minimum Gasteiger partial charge on any atom is -0.311 e. The summed E-state index contributed by atoms with van der Waals surface area (Å²) in [6.07, 6.45) is 16.0. The first kappa shape index (κ1) is 14.8. The van der Waals surface area contributed by atoms with E-state index < -0.39 is 0 Å². The van der Waals surface area contributed by atoms with Crippen LogP contribution < -0.4 is 5.32 Å². The second-order valence-corrected chi connectivity index (χ2v) is 7.49. The predicted octanol–water partition coefficient (Wildman–Crippen LogP) is 3.95. The van der Waals surface area contributed by atoms with Crippen LogP contribution in [0.25, 0.3) is 0 Å². The van der Waals surface area contributed by atoms with Crippen LogP contribution in [0.4, 0.5) is 0 Å². The van der Waals surface area contributed by atoms with E-state index in [0.717, 1.165) is 24.0 Å². The third-order valence-electron chi connectivity index (χ3n) is 6.10. The Balaban J connectivity index is 1.66. The fourth-order valence-electron chi connectivity index (χ4n) is 5.01. The molecule has 1 N–H and O–H groups in total. The number of nitrogens with zero attached hydrogens (tertiary/aromatic N) is 1. The lowest BCUT2D eigenvalue weighted by Gasteiger charge is -2.48. The molecule has 0 aromatic carbocycles. The molecule has 116 valence electrons. The highest BCUT2D eigenvalue weighted by atomic mass is 15.3. The summed E-state index contributed by atoms with van der Waals surface area (Å²) < 4.78 is 0. The van der Waals surface area contributed by atoms with Gasteiger partial charge in [-0.05, 0) is 38.0 Å². The molecule has 3 fully saturated rings. The van der Waals surface area contributed by atoms with E-state index in [-0.39, 0.29) is 0 Å². The van der Waals surface area contributed by atoms with Crippen LogP contribution in [0.15, 0.2) is 0 Å². The van der Waals surface area contributed by atoms with Gasteiger partial charge in [-0.15, -0.1) is 0 Å². The predicted molar refractivity (Wildman–Crippen MR) is 86.0 cm³/mol. The van der Waals surface area contributed by atoms with Gasteiger partial charge in [0.1, 0.15) is 0 Å². The van der Waals surface area contributed by atoms with Crippen LogP contribution >= 0.6 is 0 Å². The molecule has 20 heavy (non-hydrogen) atoms. The summed E-state index contributed by atoms with van der Waals surface area (Å²) in [5.74, 6) is 0.986.